The van der Waals surface area contributed by atoms with Crippen LogP contribution in [-0.2, 0) is 24.9 Å². The molecule has 0 bridgehead atoms. The molecule has 0 unspecified atom stereocenters. The molecule has 0 saturated carbocycles. The van der Waals surface area contributed by atoms with Crippen molar-refractivity contribution in [1.82, 2.24) is 14.4 Å². The second kappa shape index (κ2) is 11.7. The summed E-state index contributed by atoms with van der Waals surface area (Å²) in [7, 11) is 4.08. The quantitative estimate of drug-likeness (QED) is 0.370. The van der Waals surface area contributed by atoms with Crippen LogP contribution >= 0.6 is 0 Å². The van der Waals surface area contributed by atoms with E-state index < -0.39 is 0 Å². The lowest BCUT2D eigenvalue weighted by Gasteiger charge is -2.35. The van der Waals surface area contributed by atoms with Crippen LogP contribution in [0.3, 0.4) is 0 Å². The molecule has 1 aliphatic rings. The molecule has 0 spiro atoms. The summed E-state index contributed by atoms with van der Waals surface area (Å²) in [5.74, 6) is -0.0187. The third-order valence-electron chi connectivity index (χ3n) is 8.01. The summed E-state index contributed by atoms with van der Waals surface area (Å²) in [6.45, 7) is 6.45. The number of benzene rings is 3. The van der Waals surface area contributed by atoms with Gasteiger partial charge < -0.3 is 19.3 Å². The summed E-state index contributed by atoms with van der Waals surface area (Å²) in [5.41, 5.74) is 5.92. The molecule has 1 amide bonds. The number of hydrogen-bond donors (Lipinski definition) is 1. The van der Waals surface area contributed by atoms with Gasteiger partial charge >= 0.3 is 0 Å². The molecule has 4 aromatic rings. The van der Waals surface area contributed by atoms with E-state index in [0.717, 1.165) is 40.7 Å². The Kier molecular flexibility index (Phi) is 8.17. The van der Waals surface area contributed by atoms with Crippen molar-refractivity contribution in [2.24, 2.45) is 13.0 Å². The highest BCUT2D eigenvalue weighted by atomic mass is 16.5. The number of carbonyl (C=O) groups is 1. The van der Waals surface area contributed by atoms with E-state index in [0.29, 0.717) is 18.8 Å². The molecule has 6 heteroatoms. The predicted molar refractivity (Wildman–Crippen MR) is 156 cm³/mol. The Balaban J connectivity index is 1.58. The normalized spacial score (nSPS) is 19.0. The van der Waals surface area contributed by atoms with E-state index in [9.17, 15) is 9.90 Å². The van der Waals surface area contributed by atoms with Crippen LogP contribution in [0.15, 0.2) is 78.9 Å². The highest BCUT2D eigenvalue weighted by Crippen LogP contribution is 2.38. The van der Waals surface area contributed by atoms with Crippen molar-refractivity contribution < 1.29 is 14.6 Å². The number of carbonyl (C=O) groups excluding carboxylic acids is 1. The third-order valence-corrected chi connectivity index (χ3v) is 8.01. The van der Waals surface area contributed by atoms with Crippen LogP contribution in [0.2, 0.25) is 0 Å². The Morgan fingerprint density at radius 2 is 1.72 bits per heavy atom. The molecule has 0 aliphatic carbocycles. The van der Waals surface area contributed by atoms with Gasteiger partial charge in [0.15, 0.2) is 0 Å². The van der Waals surface area contributed by atoms with Crippen molar-refractivity contribution in [2.75, 3.05) is 26.7 Å². The zero-order valence-corrected chi connectivity index (χ0v) is 23.4. The fourth-order valence-corrected chi connectivity index (χ4v) is 5.79. The fraction of sp³-hybridized carbons (Fsp3) is 0.364. The molecule has 2 heterocycles. The summed E-state index contributed by atoms with van der Waals surface area (Å²) in [5, 5.41) is 11.2. The second-order valence-corrected chi connectivity index (χ2v) is 11.0. The molecule has 3 atom stereocenters. The minimum Gasteiger partial charge on any atom is -0.394 e. The van der Waals surface area contributed by atoms with Crippen LogP contribution in [0, 0.1) is 5.92 Å². The van der Waals surface area contributed by atoms with Gasteiger partial charge in [0, 0.05) is 49.1 Å². The maximum Gasteiger partial charge on any atom is 0.271 e. The lowest BCUT2D eigenvalue weighted by molar-refractivity contribution is -0.0242. The molecule has 204 valence electrons. The molecule has 1 aromatic heterocycles. The van der Waals surface area contributed by atoms with E-state index in [1.54, 1.807) is 0 Å². The smallest absolute Gasteiger partial charge is 0.271 e. The third kappa shape index (κ3) is 5.50. The lowest BCUT2D eigenvalue weighted by atomic mass is 9.96. The van der Waals surface area contributed by atoms with E-state index in [1.165, 1.54) is 5.56 Å². The van der Waals surface area contributed by atoms with Crippen LogP contribution in [-0.4, -0.2) is 64.3 Å². The van der Waals surface area contributed by atoms with Gasteiger partial charge in [0.25, 0.3) is 5.91 Å². The molecule has 0 saturated heterocycles. The number of para-hydroxylation sites is 1. The molecule has 6 nitrogen and oxygen atoms in total. The zero-order chi connectivity index (χ0) is 27.5. The number of fused-ring (bicyclic) bond motifs is 5. The molecular weight excluding hydrogens is 486 g/mol. The average molecular weight is 526 g/mol. The van der Waals surface area contributed by atoms with Gasteiger partial charge in [-0.1, -0.05) is 79.7 Å². The van der Waals surface area contributed by atoms with Gasteiger partial charge in [0.1, 0.15) is 5.69 Å². The van der Waals surface area contributed by atoms with Gasteiger partial charge in [0.2, 0.25) is 0 Å². The van der Waals surface area contributed by atoms with Crippen molar-refractivity contribution in [3.8, 4) is 11.1 Å². The van der Waals surface area contributed by atoms with E-state index >= 15 is 0 Å². The van der Waals surface area contributed by atoms with Gasteiger partial charge in [-0.05, 0) is 36.7 Å². The van der Waals surface area contributed by atoms with E-state index in [-0.39, 0.29) is 30.6 Å². The summed E-state index contributed by atoms with van der Waals surface area (Å²) in [6, 6.07) is 26.5. The summed E-state index contributed by atoms with van der Waals surface area (Å²) in [6.07, 6.45) is -0.106. The van der Waals surface area contributed by atoms with Gasteiger partial charge in [-0.15, -0.1) is 0 Å². The Labute approximate surface area is 231 Å². The number of aliphatic hydroxyl groups excluding tert-OH is 1. The first-order valence-electron chi connectivity index (χ1n) is 13.8. The van der Waals surface area contributed by atoms with Crippen molar-refractivity contribution >= 4 is 16.8 Å². The molecular formula is C33H39N3O3. The van der Waals surface area contributed by atoms with Gasteiger partial charge in [-0.2, -0.15) is 0 Å². The number of aromatic nitrogens is 1. The number of aryl methyl sites for hydroxylation is 1. The van der Waals surface area contributed by atoms with Gasteiger partial charge in [0.05, 0.1) is 25.4 Å². The summed E-state index contributed by atoms with van der Waals surface area (Å²) >= 11 is 0. The Bertz CT molecular complexity index is 1430. The van der Waals surface area contributed by atoms with E-state index in [1.807, 2.05) is 53.8 Å². The highest BCUT2D eigenvalue weighted by molar-refractivity contribution is 6.10. The predicted octanol–water partition coefficient (Wildman–Crippen LogP) is 5.34. The Morgan fingerprint density at radius 1 is 1.03 bits per heavy atom. The molecule has 39 heavy (non-hydrogen) atoms. The maximum atomic E-state index is 14.4. The molecule has 0 fully saturated rings. The number of amides is 1. The lowest BCUT2D eigenvalue weighted by Crippen LogP contribution is -2.47. The van der Waals surface area contributed by atoms with Crippen molar-refractivity contribution in [2.45, 2.75) is 39.1 Å². The van der Waals surface area contributed by atoms with Gasteiger partial charge in [-0.3, -0.25) is 9.69 Å². The number of nitrogens with zero attached hydrogens (tertiary/aromatic N) is 3. The van der Waals surface area contributed by atoms with Crippen LogP contribution in [0.25, 0.3) is 22.0 Å². The monoisotopic (exact) mass is 525 g/mol. The topological polar surface area (TPSA) is 57.9 Å². The average Bonchev–Trinajstić information content (AvgIpc) is 3.24. The minimum atomic E-state index is -0.329. The van der Waals surface area contributed by atoms with E-state index in [4.69, 9.17) is 4.74 Å². The number of ether oxygens (including phenoxy) is 1. The molecule has 3 aromatic carbocycles. The largest absolute Gasteiger partial charge is 0.394 e. The molecule has 1 N–H and O–H groups in total. The SMILES string of the molecule is C[C@H](CO)N1C[C@H](C)[C@H](CN(C)Cc2ccccc2)OCc2ccccc2-c2c(n(C)c3ccccc23)C1=O. The number of hydrogen-bond acceptors (Lipinski definition) is 4. The zero-order valence-electron chi connectivity index (χ0n) is 23.4. The van der Waals surface area contributed by atoms with Crippen LogP contribution in [0.1, 0.15) is 35.5 Å². The first-order chi connectivity index (χ1) is 18.9. The number of likely N-dealkylation sites (N-methyl/N-ethyl adjacent to an activating group) is 1. The van der Waals surface area contributed by atoms with Crippen molar-refractivity contribution in [3.63, 3.8) is 0 Å². The highest BCUT2D eigenvalue weighted by Gasteiger charge is 2.33. The minimum absolute atomic E-state index is 0.0459. The van der Waals surface area contributed by atoms with Crippen LogP contribution in [0.5, 0.6) is 0 Å². The summed E-state index contributed by atoms with van der Waals surface area (Å²) in [4.78, 5) is 18.5. The van der Waals surface area contributed by atoms with Crippen LogP contribution < -0.4 is 0 Å². The molecule has 1 aliphatic heterocycles. The Morgan fingerprint density at radius 3 is 2.49 bits per heavy atom. The maximum absolute atomic E-state index is 14.4. The number of rotatable bonds is 6. The fourth-order valence-electron chi connectivity index (χ4n) is 5.79. The summed E-state index contributed by atoms with van der Waals surface area (Å²) < 4.78 is 8.71. The Hall–Kier alpha value is -3.45. The van der Waals surface area contributed by atoms with E-state index in [2.05, 4.69) is 67.4 Å². The molecule has 5 rings (SSSR count). The molecule has 0 radical (unpaired) electrons. The number of aliphatic hydroxyl groups is 1. The van der Waals surface area contributed by atoms with Crippen molar-refractivity contribution in [3.05, 3.63) is 95.7 Å². The second-order valence-electron chi connectivity index (χ2n) is 11.0. The first kappa shape index (κ1) is 27.1. The standard InChI is InChI=1S/C33H39N3O3/c1-23-18-36(24(2)21-37)33(38)32-31(28-16-10-11-17-29(28)35(32)4)27-15-9-8-14-26(27)22-39-30(23)20-34(3)19-25-12-6-5-7-13-25/h5-17,23-24,30,37H,18-22H2,1-4H3/t23-,24+,30-/m0/s1. The van der Waals surface area contributed by atoms with Gasteiger partial charge in [-0.25, -0.2) is 0 Å². The van der Waals surface area contributed by atoms with Crippen LogP contribution in [0.4, 0.5) is 0 Å². The van der Waals surface area contributed by atoms with Crippen molar-refractivity contribution in [1.29, 1.82) is 0 Å². The first-order valence-corrected chi connectivity index (χ1v) is 13.8.